The Morgan fingerprint density at radius 3 is 2.60 bits per heavy atom. The number of hydrogen-bond donors (Lipinski definition) is 1. The van der Waals surface area contributed by atoms with Gasteiger partial charge in [0.25, 0.3) is 0 Å². The first-order valence-corrected chi connectivity index (χ1v) is 6.17. The molecule has 0 fully saturated rings. The minimum atomic E-state index is -0.831. The van der Waals surface area contributed by atoms with E-state index in [9.17, 15) is 9.50 Å². The van der Waals surface area contributed by atoms with Crippen LogP contribution in [0.25, 0.3) is 11.3 Å². The zero-order valence-electron chi connectivity index (χ0n) is 10.5. The molecule has 2 heterocycles. The molecule has 4 heteroatoms. The number of hydrogen-bond acceptors (Lipinski definition) is 3. The maximum Gasteiger partial charge on any atom is 0.139 e. The van der Waals surface area contributed by atoms with E-state index in [1.54, 1.807) is 42.7 Å². The summed E-state index contributed by atoms with van der Waals surface area (Å²) >= 11 is 0. The molecule has 0 aliphatic rings. The Morgan fingerprint density at radius 2 is 1.90 bits per heavy atom. The van der Waals surface area contributed by atoms with Gasteiger partial charge in [-0.05, 0) is 36.4 Å². The standard InChI is InChI=1S/C16H12FNO2/c17-13-5-3-11(4-6-13)16-14(7-9-20-16)15(19)12-2-1-8-18-10-12/h1-10,15,19H. The maximum absolute atomic E-state index is 13.0. The molecule has 0 aliphatic carbocycles. The second-order valence-electron chi connectivity index (χ2n) is 4.40. The molecule has 1 N–H and O–H groups in total. The van der Waals surface area contributed by atoms with Gasteiger partial charge in [0.2, 0.25) is 0 Å². The summed E-state index contributed by atoms with van der Waals surface area (Å²) in [5, 5.41) is 10.4. The second kappa shape index (κ2) is 5.27. The number of aliphatic hydroxyl groups excluding tert-OH is 1. The van der Waals surface area contributed by atoms with Crippen molar-refractivity contribution in [2.75, 3.05) is 0 Å². The first-order valence-electron chi connectivity index (χ1n) is 6.17. The van der Waals surface area contributed by atoms with E-state index < -0.39 is 6.10 Å². The third-order valence-corrected chi connectivity index (χ3v) is 3.10. The molecule has 0 aliphatic heterocycles. The molecule has 3 rings (SSSR count). The average molecular weight is 269 g/mol. The number of furan rings is 1. The topological polar surface area (TPSA) is 46.3 Å². The SMILES string of the molecule is OC(c1cccnc1)c1ccoc1-c1ccc(F)cc1. The van der Waals surface area contributed by atoms with Gasteiger partial charge in [0.15, 0.2) is 0 Å². The van der Waals surface area contributed by atoms with Crippen LogP contribution < -0.4 is 0 Å². The number of rotatable bonds is 3. The van der Waals surface area contributed by atoms with Gasteiger partial charge in [0.05, 0.1) is 6.26 Å². The molecule has 2 aromatic heterocycles. The van der Waals surface area contributed by atoms with Gasteiger partial charge in [-0.1, -0.05) is 6.07 Å². The third-order valence-electron chi connectivity index (χ3n) is 3.10. The van der Waals surface area contributed by atoms with Crippen molar-refractivity contribution >= 4 is 0 Å². The largest absolute Gasteiger partial charge is 0.464 e. The van der Waals surface area contributed by atoms with E-state index in [2.05, 4.69) is 4.98 Å². The van der Waals surface area contributed by atoms with Crippen molar-refractivity contribution in [2.24, 2.45) is 0 Å². The lowest BCUT2D eigenvalue weighted by atomic mass is 10.0. The summed E-state index contributed by atoms with van der Waals surface area (Å²) in [6.07, 6.45) is 3.93. The smallest absolute Gasteiger partial charge is 0.139 e. The van der Waals surface area contributed by atoms with Crippen LogP contribution in [0.3, 0.4) is 0 Å². The fourth-order valence-corrected chi connectivity index (χ4v) is 2.09. The van der Waals surface area contributed by atoms with Crippen molar-refractivity contribution in [3.63, 3.8) is 0 Å². The summed E-state index contributed by atoms with van der Waals surface area (Å²) < 4.78 is 18.4. The second-order valence-corrected chi connectivity index (χ2v) is 4.40. The van der Waals surface area contributed by atoms with E-state index in [0.717, 1.165) is 0 Å². The number of nitrogens with zero attached hydrogens (tertiary/aromatic N) is 1. The summed E-state index contributed by atoms with van der Waals surface area (Å²) in [5.41, 5.74) is 2.02. The Bertz CT molecular complexity index is 692. The molecule has 3 aromatic rings. The quantitative estimate of drug-likeness (QED) is 0.790. The van der Waals surface area contributed by atoms with Gasteiger partial charge >= 0.3 is 0 Å². The summed E-state index contributed by atoms with van der Waals surface area (Å²) in [7, 11) is 0. The van der Waals surface area contributed by atoms with Gasteiger partial charge in [0, 0.05) is 29.1 Å². The molecule has 0 saturated carbocycles. The van der Waals surface area contributed by atoms with Gasteiger partial charge in [-0.25, -0.2) is 4.39 Å². The molecule has 0 saturated heterocycles. The molecule has 100 valence electrons. The average Bonchev–Trinajstić information content (AvgIpc) is 2.97. The molecular formula is C16H12FNO2. The third kappa shape index (κ3) is 2.33. The Kier molecular flexibility index (Phi) is 3.31. The number of pyridine rings is 1. The fraction of sp³-hybridized carbons (Fsp3) is 0.0625. The normalized spacial score (nSPS) is 12.3. The molecule has 20 heavy (non-hydrogen) atoms. The highest BCUT2D eigenvalue weighted by Gasteiger charge is 2.18. The van der Waals surface area contributed by atoms with Crippen LogP contribution in [0.5, 0.6) is 0 Å². The van der Waals surface area contributed by atoms with E-state index in [0.29, 0.717) is 22.5 Å². The van der Waals surface area contributed by atoms with E-state index in [1.807, 2.05) is 0 Å². The van der Waals surface area contributed by atoms with E-state index in [-0.39, 0.29) is 5.82 Å². The van der Waals surface area contributed by atoms with E-state index in [1.165, 1.54) is 18.4 Å². The van der Waals surface area contributed by atoms with Crippen molar-refractivity contribution in [3.05, 3.63) is 78.1 Å². The number of aliphatic hydroxyl groups is 1. The molecule has 0 bridgehead atoms. The van der Waals surface area contributed by atoms with Gasteiger partial charge in [-0.15, -0.1) is 0 Å². The molecule has 1 atom stereocenters. The fourth-order valence-electron chi connectivity index (χ4n) is 2.09. The van der Waals surface area contributed by atoms with Crippen molar-refractivity contribution in [2.45, 2.75) is 6.10 Å². The Balaban J connectivity index is 2.00. The van der Waals surface area contributed by atoms with Crippen LogP contribution in [0, 0.1) is 5.82 Å². The summed E-state index contributed by atoms with van der Waals surface area (Å²) in [6, 6.07) is 11.2. The zero-order chi connectivity index (χ0) is 13.9. The van der Waals surface area contributed by atoms with Crippen LogP contribution in [0.1, 0.15) is 17.2 Å². The van der Waals surface area contributed by atoms with Gasteiger partial charge < -0.3 is 9.52 Å². The van der Waals surface area contributed by atoms with Crippen LogP contribution >= 0.6 is 0 Å². The predicted octanol–water partition coefficient (Wildman–Crippen LogP) is 3.56. The van der Waals surface area contributed by atoms with Crippen molar-refractivity contribution in [1.82, 2.24) is 4.98 Å². The van der Waals surface area contributed by atoms with Crippen LogP contribution in [0.2, 0.25) is 0 Å². The zero-order valence-corrected chi connectivity index (χ0v) is 10.5. The maximum atomic E-state index is 13.0. The highest BCUT2D eigenvalue weighted by atomic mass is 19.1. The summed E-state index contributed by atoms with van der Waals surface area (Å²) in [4.78, 5) is 3.99. The summed E-state index contributed by atoms with van der Waals surface area (Å²) in [5.74, 6) is 0.219. The van der Waals surface area contributed by atoms with Gasteiger partial charge in [0.1, 0.15) is 17.7 Å². The molecule has 1 aromatic carbocycles. The monoisotopic (exact) mass is 269 g/mol. The minimum absolute atomic E-state index is 0.310. The molecule has 1 unspecified atom stereocenters. The lowest BCUT2D eigenvalue weighted by molar-refractivity contribution is 0.219. The van der Waals surface area contributed by atoms with Crippen molar-refractivity contribution in [3.8, 4) is 11.3 Å². The molecule has 3 nitrogen and oxygen atoms in total. The van der Waals surface area contributed by atoms with Crippen LogP contribution in [0.4, 0.5) is 4.39 Å². The molecule has 0 spiro atoms. The van der Waals surface area contributed by atoms with Crippen LogP contribution in [0.15, 0.2) is 65.5 Å². The van der Waals surface area contributed by atoms with E-state index in [4.69, 9.17) is 4.42 Å². The lowest BCUT2D eigenvalue weighted by Crippen LogP contribution is -2.00. The molecular weight excluding hydrogens is 257 g/mol. The number of halogens is 1. The molecule has 0 amide bonds. The van der Waals surface area contributed by atoms with Crippen LogP contribution in [-0.2, 0) is 0 Å². The van der Waals surface area contributed by atoms with Crippen molar-refractivity contribution < 1.29 is 13.9 Å². The number of benzene rings is 1. The highest BCUT2D eigenvalue weighted by molar-refractivity contribution is 5.62. The molecule has 0 radical (unpaired) electrons. The van der Waals surface area contributed by atoms with Gasteiger partial charge in [-0.2, -0.15) is 0 Å². The predicted molar refractivity (Wildman–Crippen MR) is 72.4 cm³/mol. The minimum Gasteiger partial charge on any atom is -0.464 e. The Labute approximate surface area is 115 Å². The lowest BCUT2D eigenvalue weighted by Gasteiger charge is -2.10. The first kappa shape index (κ1) is 12.6. The van der Waals surface area contributed by atoms with Crippen molar-refractivity contribution in [1.29, 1.82) is 0 Å². The highest BCUT2D eigenvalue weighted by Crippen LogP contribution is 2.32. The first-order chi connectivity index (χ1) is 9.75. The Morgan fingerprint density at radius 1 is 1.10 bits per heavy atom. The van der Waals surface area contributed by atoms with E-state index >= 15 is 0 Å². The van der Waals surface area contributed by atoms with Crippen LogP contribution in [-0.4, -0.2) is 10.1 Å². The van der Waals surface area contributed by atoms with Gasteiger partial charge in [-0.3, -0.25) is 4.98 Å². The number of aromatic nitrogens is 1. The Hall–Kier alpha value is -2.46. The summed E-state index contributed by atoms with van der Waals surface area (Å²) in [6.45, 7) is 0.